The van der Waals surface area contributed by atoms with Crippen LogP contribution in [0.4, 0.5) is 4.79 Å². The van der Waals surface area contributed by atoms with E-state index in [1.807, 2.05) is 0 Å². The second-order valence-electron chi connectivity index (χ2n) is 19.4. The van der Waals surface area contributed by atoms with Gasteiger partial charge in [-0.15, -0.1) is 0 Å². The summed E-state index contributed by atoms with van der Waals surface area (Å²) in [6.45, 7) is 18.4. The molecule has 4 N–H and O–H groups in total. The van der Waals surface area contributed by atoms with E-state index in [0.717, 1.165) is 51.7 Å². The fraction of sp³-hybridized carbons (Fsp3) is 0.974. The van der Waals surface area contributed by atoms with Crippen molar-refractivity contribution in [1.29, 1.82) is 0 Å². The zero-order chi connectivity index (χ0) is 32.8. The van der Waals surface area contributed by atoms with Gasteiger partial charge in [0, 0.05) is 23.4 Å². The van der Waals surface area contributed by atoms with Crippen molar-refractivity contribution in [1.82, 2.24) is 10.2 Å². The van der Waals surface area contributed by atoms with Gasteiger partial charge in [-0.05, 0) is 137 Å². The predicted molar refractivity (Wildman–Crippen MR) is 175 cm³/mol. The first-order chi connectivity index (χ1) is 21.5. The molecule has 9 rings (SSSR count). The number of carbonyl (C=O) groups is 1. The van der Waals surface area contributed by atoms with E-state index in [2.05, 4.69) is 44.8 Å². The first-order valence-electron chi connectivity index (χ1n) is 18.9. The van der Waals surface area contributed by atoms with Gasteiger partial charge >= 0.3 is 6.09 Å². The Morgan fingerprint density at radius 3 is 2.33 bits per heavy atom. The third kappa shape index (κ3) is 4.06. The first-order valence-corrected chi connectivity index (χ1v) is 18.9. The standard InChI is InChI=1S/C38H62N2O6/c1-21-18-24(30(41)34(4,5)44)45-29-28(21)35(6)14-15-38-20-37(38)13-10-27(46-32(43)39-23-19-40-16-11-22(23)12-17-40)33(2,3)25(37)8-9-26(38)36(35,7)31(29)42/h21-31,41-42,44H,8-20H2,1-7H3,(H,39,43)/t21-,23?,24?,25+,26?,27?,28+,29?,30+,31+,35-,36-,37-,38+/m1/s1. The van der Waals surface area contributed by atoms with Crippen LogP contribution < -0.4 is 5.32 Å². The van der Waals surface area contributed by atoms with Crippen molar-refractivity contribution in [2.45, 2.75) is 155 Å². The minimum Gasteiger partial charge on any atom is -0.446 e. The van der Waals surface area contributed by atoms with Gasteiger partial charge in [-0.1, -0.05) is 34.6 Å². The van der Waals surface area contributed by atoms with Crippen LogP contribution in [0.1, 0.15) is 113 Å². The summed E-state index contributed by atoms with van der Waals surface area (Å²) in [4.78, 5) is 15.8. The Bertz CT molecular complexity index is 1240. The van der Waals surface area contributed by atoms with Gasteiger partial charge in [-0.3, -0.25) is 0 Å². The van der Waals surface area contributed by atoms with Crippen LogP contribution in [0.25, 0.3) is 0 Å². The highest BCUT2D eigenvalue weighted by Gasteiger charge is 2.84. The van der Waals surface area contributed by atoms with Crippen molar-refractivity contribution < 1.29 is 29.6 Å². The van der Waals surface area contributed by atoms with E-state index in [1.165, 1.54) is 25.7 Å². The number of carbonyl (C=O) groups excluding carboxylic acids is 1. The number of fused-ring (bicyclic) bond motifs is 7. The van der Waals surface area contributed by atoms with Gasteiger partial charge in [-0.25, -0.2) is 4.79 Å². The lowest BCUT2D eigenvalue weighted by atomic mass is 9.41. The number of ether oxygens (including phenoxy) is 2. The average molecular weight is 643 g/mol. The number of alkyl carbamates (subject to hydrolysis) is 1. The molecule has 9 fully saturated rings. The van der Waals surface area contributed by atoms with Crippen LogP contribution in [0.15, 0.2) is 0 Å². The zero-order valence-electron chi connectivity index (χ0n) is 29.6. The number of aliphatic hydroxyl groups excluding tert-OH is 2. The molecule has 0 radical (unpaired) electrons. The number of hydrogen-bond donors (Lipinski definition) is 4. The van der Waals surface area contributed by atoms with Gasteiger partial charge in [0.15, 0.2) is 0 Å². The van der Waals surface area contributed by atoms with Crippen LogP contribution in [0.2, 0.25) is 0 Å². The van der Waals surface area contributed by atoms with E-state index in [0.29, 0.717) is 30.1 Å². The Kier molecular flexibility index (Phi) is 7.07. The van der Waals surface area contributed by atoms with Crippen molar-refractivity contribution in [2.24, 2.45) is 56.7 Å². The molecule has 5 aliphatic carbocycles. The van der Waals surface area contributed by atoms with Crippen molar-refractivity contribution >= 4 is 6.09 Å². The highest BCUT2D eigenvalue weighted by molar-refractivity contribution is 5.68. The summed E-state index contributed by atoms with van der Waals surface area (Å²) in [6, 6.07) is 0.217. The van der Waals surface area contributed by atoms with Crippen LogP contribution in [0.3, 0.4) is 0 Å². The van der Waals surface area contributed by atoms with Gasteiger partial charge < -0.3 is 35.0 Å². The Balaban J connectivity index is 1.01. The second-order valence-corrected chi connectivity index (χ2v) is 19.4. The Labute approximate surface area is 276 Å². The van der Waals surface area contributed by atoms with Crippen molar-refractivity contribution in [3.05, 3.63) is 0 Å². The molecule has 14 atom stereocenters. The van der Waals surface area contributed by atoms with E-state index in [1.54, 1.807) is 13.8 Å². The van der Waals surface area contributed by atoms with E-state index < -0.39 is 23.9 Å². The minimum atomic E-state index is -1.26. The molecule has 0 aromatic carbocycles. The summed E-state index contributed by atoms with van der Waals surface area (Å²) in [5, 5.41) is 37.3. The number of nitrogens with zero attached hydrogens (tertiary/aromatic N) is 1. The Morgan fingerprint density at radius 1 is 1.00 bits per heavy atom. The molecule has 260 valence electrons. The fourth-order valence-corrected chi connectivity index (χ4v) is 14.6. The number of piperidine rings is 3. The molecule has 8 heteroatoms. The van der Waals surface area contributed by atoms with Gasteiger partial charge in [0.25, 0.3) is 0 Å². The van der Waals surface area contributed by atoms with E-state index in [9.17, 15) is 20.1 Å². The SMILES string of the molecule is C[C@@H]1CC([C@H](O)C(C)(C)O)OC2[C@H]1[C@@]1(C)CC[C@@]34C[C@@]35CCC(OC(=O)NC3CN6CCC3CC6)C(C)(C)[C@@H]5CCC4[C@]1(C)[C@H]2O. The van der Waals surface area contributed by atoms with Gasteiger partial charge in [0.2, 0.25) is 0 Å². The van der Waals surface area contributed by atoms with Crippen LogP contribution in [-0.2, 0) is 9.47 Å². The minimum absolute atomic E-state index is 0.0449. The number of nitrogens with one attached hydrogen (secondary N) is 1. The maximum absolute atomic E-state index is 13.3. The van der Waals surface area contributed by atoms with Crippen LogP contribution in [0, 0.1) is 56.7 Å². The highest BCUT2D eigenvalue weighted by Crippen LogP contribution is 2.89. The maximum atomic E-state index is 13.3. The summed E-state index contributed by atoms with van der Waals surface area (Å²) in [5.74, 6) is 2.05. The van der Waals surface area contributed by atoms with Crippen molar-refractivity contribution in [3.8, 4) is 0 Å². The van der Waals surface area contributed by atoms with E-state index in [4.69, 9.17) is 9.47 Å². The Hall–Kier alpha value is -0.930. The number of hydrogen-bond acceptors (Lipinski definition) is 7. The normalized spacial score (nSPS) is 55.6. The summed E-state index contributed by atoms with van der Waals surface area (Å²) >= 11 is 0. The lowest BCUT2D eigenvalue weighted by Crippen LogP contribution is -2.60. The molecule has 4 heterocycles. The molecule has 0 aromatic heterocycles. The molecule has 2 spiro atoms. The largest absolute Gasteiger partial charge is 0.446 e. The van der Waals surface area contributed by atoms with E-state index >= 15 is 0 Å². The number of amides is 1. The lowest BCUT2D eigenvalue weighted by molar-refractivity contribution is -0.202. The molecule has 5 unspecified atom stereocenters. The second kappa shape index (κ2) is 10.1. The van der Waals surface area contributed by atoms with Crippen LogP contribution >= 0.6 is 0 Å². The molecule has 1 amide bonds. The molecule has 5 saturated carbocycles. The third-order valence-corrected chi connectivity index (χ3v) is 17.1. The fourth-order valence-electron chi connectivity index (χ4n) is 14.6. The predicted octanol–water partition coefficient (Wildman–Crippen LogP) is 5.12. The molecule has 9 aliphatic rings. The molecule has 8 nitrogen and oxygen atoms in total. The Morgan fingerprint density at radius 2 is 1.67 bits per heavy atom. The molecule has 2 bridgehead atoms. The van der Waals surface area contributed by atoms with Crippen LogP contribution in [-0.4, -0.2) is 88.1 Å². The summed E-state index contributed by atoms with van der Waals surface area (Å²) in [7, 11) is 0. The maximum Gasteiger partial charge on any atom is 0.407 e. The molecule has 4 saturated heterocycles. The monoisotopic (exact) mass is 642 g/mol. The van der Waals surface area contributed by atoms with E-state index in [-0.39, 0.29) is 57.3 Å². The molecular weight excluding hydrogens is 580 g/mol. The van der Waals surface area contributed by atoms with Gasteiger partial charge in [-0.2, -0.15) is 0 Å². The number of rotatable bonds is 4. The van der Waals surface area contributed by atoms with Gasteiger partial charge in [0.1, 0.15) is 12.2 Å². The molecule has 4 aliphatic heterocycles. The molecule has 46 heavy (non-hydrogen) atoms. The van der Waals surface area contributed by atoms with Crippen molar-refractivity contribution in [2.75, 3.05) is 19.6 Å². The smallest absolute Gasteiger partial charge is 0.407 e. The number of aliphatic hydroxyl groups is 3. The quantitative estimate of drug-likeness (QED) is 0.337. The lowest BCUT2D eigenvalue weighted by Gasteiger charge is -2.63. The topological polar surface area (TPSA) is 111 Å². The van der Waals surface area contributed by atoms with Crippen LogP contribution in [0.5, 0.6) is 0 Å². The molecule has 0 aromatic rings. The summed E-state index contributed by atoms with van der Waals surface area (Å²) in [5.41, 5.74) is -1.18. The summed E-state index contributed by atoms with van der Waals surface area (Å²) < 4.78 is 13.0. The third-order valence-electron chi connectivity index (χ3n) is 17.1. The van der Waals surface area contributed by atoms with Crippen molar-refractivity contribution in [3.63, 3.8) is 0 Å². The first kappa shape index (κ1) is 32.3. The summed E-state index contributed by atoms with van der Waals surface area (Å²) in [6.07, 6.45) is 8.17. The highest BCUT2D eigenvalue weighted by atomic mass is 16.6. The molecular formula is C38H62N2O6. The zero-order valence-corrected chi connectivity index (χ0v) is 29.6. The average Bonchev–Trinajstić information content (AvgIpc) is 3.63. The van der Waals surface area contributed by atoms with Gasteiger partial charge in [0.05, 0.1) is 23.9 Å².